The molecule has 4 aromatic carbocycles. The van der Waals surface area contributed by atoms with Crippen molar-refractivity contribution < 1.29 is 26.5 Å². The Bertz CT molecular complexity index is 1300. The van der Waals surface area contributed by atoms with Crippen LogP contribution in [0.4, 0.5) is 5.69 Å². The molecule has 0 N–H and O–H groups in total. The molecule has 0 radical (unpaired) electrons. The number of halogens is 3. The zero-order valence-corrected chi connectivity index (χ0v) is 30.7. The summed E-state index contributed by atoms with van der Waals surface area (Å²) >= 11 is 6.64. The first kappa shape index (κ1) is 44.3. The third kappa shape index (κ3) is 21.0. The Morgan fingerprint density at radius 2 is 1.30 bits per heavy atom. The second-order valence-electron chi connectivity index (χ2n) is 9.27. The third-order valence-electron chi connectivity index (χ3n) is 5.93. The summed E-state index contributed by atoms with van der Waals surface area (Å²) in [6.45, 7) is 12.4. The minimum atomic E-state index is 0. The summed E-state index contributed by atoms with van der Waals surface area (Å²) in [6, 6.07) is 35.6. The maximum atomic E-state index is 12.0. The summed E-state index contributed by atoms with van der Waals surface area (Å²) in [6.07, 6.45) is 7.10. The van der Waals surface area contributed by atoms with Crippen LogP contribution in [0.3, 0.4) is 0 Å². The number of carbonyl (C=O) groups excluding carboxylic acids is 1. The van der Waals surface area contributed by atoms with E-state index in [4.69, 9.17) is 11.3 Å². The van der Waals surface area contributed by atoms with Gasteiger partial charge in [0.05, 0.1) is 6.57 Å². The van der Waals surface area contributed by atoms with Gasteiger partial charge in [0, 0.05) is 34.1 Å². The SMILES string of the molecule is C.C1CCOC1.O=C(CCCc1ccccc1)c1cccc(Br)c1.[Br-].[C-]#[N+]c1cccc(Br)c1.[CH2-]CCc1ccccc1.[Mg+2]. The van der Waals surface area contributed by atoms with Crippen molar-refractivity contribution in [2.75, 3.05) is 13.2 Å². The van der Waals surface area contributed by atoms with Crippen molar-refractivity contribution in [3.63, 3.8) is 0 Å². The Hall–Kier alpha value is -1.79. The maximum Gasteiger partial charge on any atom is 2.00 e. The third-order valence-corrected chi connectivity index (χ3v) is 6.92. The number of hydrogen-bond acceptors (Lipinski definition) is 2. The van der Waals surface area contributed by atoms with Gasteiger partial charge in [-0.1, -0.05) is 142 Å². The van der Waals surface area contributed by atoms with Gasteiger partial charge in [-0.15, -0.1) is 0 Å². The average Bonchev–Trinajstić information content (AvgIpc) is 3.60. The molecule has 1 aliphatic rings. The molecule has 0 unspecified atom stereocenters. The van der Waals surface area contributed by atoms with E-state index in [2.05, 4.69) is 80.0 Å². The van der Waals surface area contributed by atoms with Gasteiger partial charge in [0.25, 0.3) is 0 Å². The second-order valence-corrected chi connectivity index (χ2v) is 11.1. The number of hydrogen-bond donors (Lipinski definition) is 0. The molecule has 0 spiro atoms. The Kier molecular flexibility index (Phi) is 28.9. The molecule has 0 atom stereocenters. The molecule has 1 heterocycles. The number of rotatable bonds is 7. The van der Waals surface area contributed by atoms with Crippen molar-refractivity contribution in [1.29, 1.82) is 0 Å². The molecule has 1 saturated heterocycles. The molecule has 1 fully saturated rings. The van der Waals surface area contributed by atoms with Gasteiger partial charge < -0.3 is 28.6 Å². The van der Waals surface area contributed by atoms with Gasteiger partial charge in [-0.25, -0.2) is 4.85 Å². The minimum absolute atomic E-state index is 0. The van der Waals surface area contributed by atoms with Gasteiger partial charge in [0.2, 0.25) is 0 Å². The van der Waals surface area contributed by atoms with E-state index in [1.165, 1.54) is 24.0 Å². The van der Waals surface area contributed by atoms with Crippen molar-refractivity contribution in [2.24, 2.45) is 0 Å². The minimum Gasteiger partial charge on any atom is -1.00 e. The van der Waals surface area contributed by atoms with Crippen LogP contribution in [0.15, 0.2) is 118 Å². The fourth-order valence-corrected chi connectivity index (χ4v) is 4.60. The van der Waals surface area contributed by atoms with Gasteiger partial charge >= 0.3 is 23.1 Å². The van der Waals surface area contributed by atoms with Gasteiger partial charge in [-0.3, -0.25) is 4.79 Å². The molecular formula is C37H42Br3MgNO2. The number of ketones is 1. The van der Waals surface area contributed by atoms with E-state index in [0.717, 1.165) is 53.4 Å². The summed E-state index contributed by atoms with van der Waals surface area (Å²) < 4.78 is 6.85. The summed E-state index contributed by atoms with van der Waals surface area (Å²) in [7, 11) is 0. The van der Waals surface area contributed by atoms with E-state index in [9.17, 15) is 4.79 Å². The Balaban J connectivity index is 0. The maximum absolute atomic E-state index is 12.0. The predicted octanol–water partition coefficient (Wildman–Crippen LogP) is 8.16. The molecule has 7 heteroatoms. The smallest absolute Gasteiger partial charge is 1.00 e. The molecule has 230 valence electrons. The molecule has 3 nitrogen and oxygen atoms in total. The second kappa shape index (κ2) is 28.7. The van der Waals surface area contributed by atoms with E-state index >= 15 is 0 Å². The topological polar surface area (TPSA) is 30.7 Å². The molecule has 4 aromatic rings. The first-order chi connectivity index (χ1) is 20.0. The number of nitrogens with zero attached hydrogens (tertiary/aromatic N) is 1. The van der Waals surface area contributed by atoms with Crippen molar-refractivity contribution in [2.45, 2.75) is 52.4 Å². The summed E-state index contributed by atoms with van der Waals surface area (Å²) in [4.78, 5) is 15.2. The number of ether oxygens (including phenoxy) is 1. The predicted molar refractivity (Wildman–Crippen MR) is 191 cm³/mol. The standard InChI is InChI=1S/C16H15BrO.C9H11.C7H4BrN.C4H8O.CH4.BrH.Mg/c17-15-10-5-9-14(12-15)16(18)11-4-8-13-6-2-1-3-7-13;1-2-6-9-7-4-3-5-8-9;1-9-7-4-2-3-6(8)5-7;1-2-4-5-3-1;;;/h1-3,5-7,9-10,12H,4,8,11H2;3-5,7-8H,1-2,6H2;2-5H;1-4H2;1H4;1H;/q;-1;;;;;+2/p-1. The van der Waals surface area contributed by atoms with Crippen LogP contribution in [0.2, 0.25) is 0 Å². The largest absolute Gasteiger partial charge is 2.00 e. The van der Waals surface area contributed by atoms with Crippen LogP contribution in [-0.2, 0) is 17.6 Å². The van der Waals surface area contributed by atoms with Crippen LogP contribution in [0, 0.1) is 13.5 Å². The first-order valence-electron chi connectivity index (χ1n) is 13.9. The molecule has 0 aliphatic carbocycles. The Morgan fingerprint density at radius 3 is 1.73 bits per heavy atom. The molecule has 5 rings (SSSR count). The Morgan fingerprint density at radius 1 is 0.773 bits per heavy atom. The molecule has 1 aliphatic heterocycles. The van der Waals surface area contributed by atoms with Crippen molar-refractivity contribution in [3.8, 4) is 0 Å². The van der Waals surface area contributed by atoms with E-state index in [1.54, 1.807) is 12.1 Å². The molecular weight excluding hydrogens is 754 g/mol. The summed E-state index contributed by atoms with van der Waals surface area (Å²) in [5.74, 6) is 0.215. The van der Waals surface area contributed by atoms with Crippen LogP contribution in [-0.4, -0.2) is 42.0 Å². The zero-order chi connectivity index (χ0) is 29.5. The van der Waals surface area contributed by atoms with Crippen LogP contribution in [0.5, 0.6) is 0 Å². The Labute approximate surface area is 309 Å². The molecule has 0 bridgehead atoms. The molecule has 0 aromatic heterocycles. The normalized spacial score (nSPS) is 10.6. The first-order valence-corrected chi connectivity index (χ1v) is 15.5. The number of Topliss-reactive ketones (excluding diaryl/α,β-unsaturated/α-hetero) is 1. The number of benzene rings is 4. The number of carbonyl (C=O) groups is 1. The average molecular weight is 797 g/mol. The van der Waals surface area contributed by atoms with E-state index in [1.807, 2.05) is 60.7 Å². The van der Waals surface area contributed by atoms with E-state index in [0.29, 0.717) is 12.1 Å². The van der Waals surface area contributed by atoms with Gasteiger partial charge in [0.15, 0.2) is 11.5 Å². The fourth-order valence-electron chi connectivity index (χ4n) is 3.81. The van der Waals surface area contributed by atoms with Crippen molar-refractivity contribution in [1.82, 2.24) is 0 Å². The van der Waals surface area contributed by atoms with Crippen molar-refractivity contribution >= 4 is 66.4 Å². The quantitative estimate of drug-likeness (QED) is 0.107. The molecule has 44 heavy (non-hydrogen) atoms. The van der Waals surface area contributed by atoms with Gasteiger partial charge in [-0.2, -0.15) is 6.42 Å². The zero-order valence-electron chi connectivity index (χ0n) is 24.6. The summed E-state index contributed by atoms with van der Waals surface area (Å²) in [5, 5.41) is 0. The van der Waals surface area contributed by atoms with Crippen LogP contribution < -0.4 is 17.0 Å². The van der Waals surface area contributed by atoms with E-state index < -0.39 is 0 Å². The number of aryl methyl sites for hydroxylation is 2. The van der Waals surface area contributed by atoms with Gasteiger partial charge in [-0.05, 0) is 49.4 Å². The van der Waals surface area contributed by atoms with Crippen LogP contribution >= 0.6 is 31.9 Å². The summed E-state index contributed by atoms with van der Waals surface area (Å²) in [5.41, 5.74) is 4.13. The molecule has 0 amide bonds. The van der Waals surface area contributed by atoms with Crippen molar-refractivity contribution in [3.05, 3.63) is 153 Å². The van der Waals surface area contributed by atoms with Gasteiger partial charge in [0.1, 0.15) is 0 Å². The molecule has 0 saturated carbocycles. The monoisotopic (exact) mass is 793 g/mol. The van der Waals surface area contributed by atoms with Crippen LogP contribution in [0.1, 0.15) is 61.0 Å². The van der Waals surface area contributed by atoms with Crippen LogP contribution in [0.25, 0.3) is 4.85 Å². The van der Waals surface area contributed by atoms with E-state index in [-0.39, 0.29) is 53.2 Å². The fraction of sp³-hybridized carbons (Fsp3) is 0.270.